The summed E-state index contributed by atoms with van der Waals surface area (Å²) in [7, 11) is 0. The van der Waals surface area contributed by atoms with Crippen LogP contribution in [0.2, 0.25) is 0 Å². The number of carbonyl (C=O) groups is 1. The van der Waals surface area contributed by atoms with Crippen molar-refractivity contribution in [2.75, 3.05) is 0 Å². The van der Waals surface area contributed by atoms with Gasteiger partial charge >= 0.3 is 0 Å². The van der Waals surface area contributed by atoms with Gasteiger partial charge in [0.2, 0.25) is 0 Å². The fourth-order valence-corrected chi connectivity index (χ4v) is 3.68. The van der Waals surface area contributed by atoms with E-state index in [0.717, 1.165) is 15.6 Å². The Hall–Kier alpha value is -2.71. The molecule has 2 heterocycles. The Kier molecular flexibility index (Phi) is 4.91. The minimum atomic E-state index is -0.440. The number of hydrogen-bond donors (Lipinski definition) is 1. The zero-order valence-corrected chi connectivity index (χ0v) is 16.3. The maximum Gasteiger partial charge on any atom is 0.283 e. The summed E-state index contributed by atoms with van der Waals surface area (Å²) in [6, 6.07) is 15.4. The number of fused-ring (bicyclic) bond motifs is 1. The van der Waals surface area contributed by atoms with E-state index in [-0.39, 0.29) is 11.4 Å². The second kappa shape index (κ2) is 7.50. The molecule has 1 amide bonds. The van der Waals surface area contributed by atoms with Gasteiger partial charge in [-0.3, -0.25) is 10.2 Å². The van der Waals surface area contributed by atoms with Crippen molar-refractivity contribution in [2.24, 2.45) is 10.1 Å². The molecule has 0 bridgehead atoms. The topological polar surface area (TPSA) is 78.1 Å². The van der Waals surface area contributed by atoms with Crippen LogP contribution in [0.4, 0.5) is 0 Å². The van der Waals surface area contributed by atoms with Gasteiger partial charge in [-0.05, 0) is 57.0 Å². The minimum absolute atomic E-state index is 0.0202. The first kappa shape index (κ1) is 17.7. The number of ether oxygens (including phenoxy) is 1. The fourth-order valence-electron chi connectivity index (χ4n) is 2.56. The molecule has 8 heteroatoms. The third-order valence-corrected chi connectivity index (χ3v) is 5.19. The molecule has 1 N–H and O–H groups in total. The maximum absolute atomic E-state index is 12.2. The normalized spacial score (nSPS) is 17.3. The molecule has 2 aromatic carbocycles. The van der Waals surface area contributed by atoms with Crippen LogP contribution >= 0.6 is 27.7 Å². The Morgan fingerprint density at radius 3 is 2.81 bits per heavy atom. The van der Waals surface area contributed by atoms with Gasteiger partial charge in [0.25, 0.3) is 5.91 Å². The van der Waals surface area contributed by atoms with Crippen molar-refractivity contribution in [2.45, 2.75) is 6.61 Å². The quantitative estimate of drug-likeness (QED) is 0.719. The first-order chi connectivity index (χ1) is 13.1. The highest BCUT2D eigenvalue weighted by molar-refractivity contribution is 9.10. The third-order valence-electron chi connectivity index (χ3n) is 3.90. The maximum atomic E-state index is 12.2. The van der Waals surface area contributed by atoms with Gasteiger partial charge in [-0.15, -0.1) is 0 Å². The van der Waals surface area contributed by atoms with E-state index < -0.39 is 5.91 Å². The molecule has 0 unspecified atom stereocenters. The van der Waals surface area contributed by atoms with Crippen LogP contribution in [-0.2, 0) is 11.4 Å². The molecule has 0 saturated heterocycles. The number of nitrogens with one attached hydrogen (secondary N) is 1. The Bertz CT molecular complexity index is 1020. The molecule has 0 atom stereocenters. The number of amides is 1. The van der Waals surface area contributed by atoms with Crippen molar-refractivity contribution in [3.05, 3.63) is 69.7 Å². The molecule has 4 rings (SSSR count). The van der Waals surface area contributed by atoms with E-state index >= 15 is 0 Å². The highest BCUT2D eigenvalue weighted by Crippen LogP contribution is 2.29. The van der Waals surface area contributed by atoms with E-state index in [2.05, 4.69) is 26.0 Å². The molecule has 6 nitrogen and oxygen atoms in total. The standard InChI is InChI=1S/C19H13BrN4O2S/c20-15-9-13(6-7-16(15)26-10-12-4-2-1-3-5-12)8-14-17(21)24-19(23-18(14)25)27-11-22-24/h1-9,11,21H,10H2. The van der Waals surface area contributed by atoms with Crippen molar-refractivity contribution in [3.63, 3.8) is 0 Å². The molecule has 0 spiro atoms. The predicted octanol–water partition coefficient (Wildman–Crippen LogP) is 4.28. The van der Waals surface area contributed by atoms with Crippen molar-refractivity contribution in [1.29, 1.82) is 5.41 Å². The Morgan fingerprint density at radius 2 is 2.04 bits per heavy atom. The van der Waals surface area contributed by atoms with Crippen molar-refractivity contribution >= 4 is 56.2 Å². The van der Waals surface area contributed by atoms with Crippen molar-refractivity contribution in [1.82, 2.24) is 5.01 Å². The Morgan fingerprint density at radius 1 is 1.22 bits per heavy atom. The summed E-state index contributed by atoms with van der Waals surface area (Å²) in [6.07, 6.45) is 1.63. The molecule has 134 valence electrons. The van der Waals surface area contributed by atoms with Gasteiger partial charge in [-0.2, -0.15) is 15.1 Å². The number of thioether (sulfide) groups is 1. The van der Waals surface area contributed by atoms with Crippen LogP contribution < -0.4 is 4.74 Å². The van der Waals surface area contributed by atoms with Gasteiger partial charge in [0, 0.05) is 0 Å². The van der Waals surface area contributed by atoms with E-state index in [1.54, 1.807) is 11.6 Å². The van der Waals surface area contributed by atoms with Gasteiger partial charge in [0.15, 0.2) is 11.0 Å². The molecule has 0 radical (unpaired) electrons. The summed E-state index contributed by atoms with van der Waals surface area (Å²) in [5.41, 5.74) is 3.59. The number of hydrogen-bond acceptors (Lipinski definition) is 5. The summed E-state index contributed by atoms with van der Waals surface area (Å²) in [6.45, 7) is 0.463. The number of amidine groups is 2. The summed E-state index contributed by atoms with van der Waals surface area (Å²) in [4.78, 5) is 16.2. The molecule has 2 aliphatic heterocycles. The lowest BCUT2D eigenvalue weighted by molar-refractivity contribution is -0.114. The lowest BCUT2D eigenvalue weighted by Crippen LogP contribution is -2.35. The van der Waals surface area contributed by atoms with Crippen LogP contribution in [0.1, 0.15) is 11.1 Å². The third kappa shape index (κ3) is 3.72. The van der Waals surface area contributed by atoms with Crippen LogP contribution in [0.5, 0.6) is 5.75 Å². The number of halogens is 1. The van der Waals surface area contributed by atoms with Crippen LogP contribution in [0.25, 0.3) is 6.08 Å². The zero-order chi connectivity index (χ0) is 18.8. The van der Waals surface area contributed by atoms with Crippen molar-refractivity contribution < 1.29 is 9.53 Å². The summed E-state index contributed by atoms with van der Waals surface area (Å²) in [5, 5.41) is 14.0. The monoisotopic (exact) mass is 440 g/mol. The molecule has 0 fully saturated rings. The first-order valence-electron chi connectivity index (χ1n) is 8.01. The molecule has 2 aromatic rings. The first-order valence-corrected chi connectivity index (χ1v) is 9.68. The number of benzene rings is 2. The molecule has 2 aliphatic rings. The van der Waals surface area contributed by atoms with E-state index in [9.17, 15) is 4.79 Å². The smallest absolute Gasteiger partial charge is 0.283 e. The largest absolute Gasteiger partial charge is 0.488 e. The minimum Gasteiger partial charge on any atom is -0.488 e. The molecular weight excluding hydrogens is 428 g/mol. The number of hydrazone groups is 1. The van der Waals surface area contributed by atoms with E-state index in [4.69, 9.17) is 10.1 Å². The van der Waals surface area contributed by atoms with Crippen LogP contribution in [0.3, 0.4) is 0 Å². The highest BCUT2D eigenvalue weighted by Gasteiger charge is 2.32. The molecule has 0 aromatic heterocycles. The van der Waals surface area contributed by atoms with Crippen molar-refractivity contribution in [3.8, 4) is 5.75 Å². The molecule has 27 heavy (non-hydrogen) atoms. The predicted molar refractivity (Wildman–Crippen MR) is 111 cm³/mol. The molecule has 0 saturated carbocycles. The second-order valence-corrected chi connectivity index (χ2v) is 7.39. The van der Waals surface area contributed by atoms with E-state index in [1.165, 1.54) is 16.8 Å². The van der Waals surface area contributed by atoms with Gasteiger partial charge in [-0.1, -0.05) is 36.4 Å². The SMILES string of the molecule is N=C1C(=Cc2ccc(OCc3ccccc3)c(Br)c2)C(=O)N=C2SC=NN12. The fraction of sp³-hybridized carbons (Fsp3) is 0.0526. The van der Waals surface area contributed by atoms with Crippen LogP contribution in [0, 0.1) is 5.41 Å². The summed E-state index contributed by atoms with van der Waals surface area (Å²) < 4.78 is 6.60. The number of nitrogens with zero attached hydrogens (tertiary/aromatic N) is 3. The summed E-state index contributed by atoms with van der Waals surface area (Å²) in [5.74, 6) is 0.281. The van der Waals surface area contributed by atoms with Crippen LogP contribution in [-0.4, -0.2) is 27.5 Å². The van der Waals surface area contributed by atoms with E-state index in [1.807, 2.05) is 48.5 Å². The van der Waals surface area contributed by atoms with Gasteiger partial charge in [0.1, 0.15) is 12.4 Å². The lowest BCUT2D eigenvalue weighted by atomic mass is 10.1. The Labute approximate surface area is 168 Å². The number of rotatable bonds is 4. The number of aliphatic imine (C=N–C) groups is 1. The lowest BCUT2D eigenvalue weighted by Gasteiger charge is -2.20. The van der Waals surface area contributed by atoms with Gasteiger partial charge in [-0.25, -0.2) is 0 Å². The zero-order valence-electron chi connectivity index (χ0n) is 13.9. The number of carbonyl (C=O) groups excluding carboxylic acids is 1. The molecule has 0 aliphatic carbocycles. The Balaban J connectivity index is 1.54. The average molecular weight is 441 g/mol. The van der Waals surface area contributed by atoms with Crippen LogP contribution in [0.15, 0.2) is 68.7 Å². The van der Waals surface area contributed by atoms with Gasteiger partial charge < -0.3 is 4.74 Å². The second-order valence-electron chi connectivity index (χ2n) is 5.72. The molecular formula is C19H13BrN4O2S. The van der Waals surface area contributed by atoms with E-state index in [0.29, 0.717) is 17.5 Å². The average Bonchev–Trinajstić information content (AvgIpc) is 3.14. The highest BCUT2D eigenvalue weighted by atomic mass is 79.9. The summed E-state index contributed by atoms with van der Waals surface area (Å²) >= 11 is 4.72. The van der Waals surface area contributed by atoms with Gasteiger partial charge in [0.05, 0.1) is 15.6 Å².